The monoisotopic (exact) mass is 299 g/mol. The molecule has 16 heavy (non-hydrogen) atoms. The molecule has 2 aromatic rings. The molecule has 0 bridgehead atoms. The van der Waals surface area contributed by atoms with E-state index in [4.69, 9.17) is 5.73 Å². The van der Waals surface area contributed by atoms with Crippen molar-refractivity contribution < 1.29 is 4.92 Å². The Bertz CT molecular complexity index is 555. The van der Waals surface area contributed by atoms with E-state index in [0.717, 1.165) is 9.35 Å². The second-order valence-electron chi connectivity index (χ2n) is 2.99. The molecule has 0 aliphatic rings. The van der Waals surface area contributed by atoms with E-state index in [9.17, 15) is 10.1 Å². The Morgan fingerprint density at radius 1 is 1.50 bits per heavy atom. The quantitative estimate of drug-likeness (QED) is 0.682. The smallest absolute Gasteiger partial charge is 0.275 e. The van der Waals surface area contributed by atoms with Crippen molar-refractivity contribution in [3.63, 3.8) is 0 Å². The Labute approximate surface area is 103 Å². The molecule has 0 fully saturated rings. The van der Waals surface area contributed by atoms with Gasteiger partial charge < -0.3 is 5.73 Å². The fourth-order valence-corrected chi connectivity index (χ4v) is 2.77. The maximum Gasteiger partial charge on any atom is 0.275 e. The van der Waals surface area contributed by atoms with Crippen LogP contribution in [0.2, 0.25) is 0 Å². The second kappa shape index (κ2) is 4.18. The summed E-state index contributed by atoms with van der Waals surface area (Å²) in [5, 5.41) is 12.5. The van der Waals surface area contributed by atoms with Crippen molar-refractivity contribution >= 4 is 38.8 Å². The number of anilines is 1. The van der Waals surface area contributed by atoms with Crippen molar-refractivity contribution in [1.29, 1.82) is 0 Å². The van der Waals surface area contributed by atoms with Crippen LogP contribution in [0.15, 0.2) is 28.1 Å². The molecule has 0 radical (unpaired) electrons. The molecule has 0 saturated heterocycles. The summed E-state index contributed by atoms with van der Waals surface area (Å²) < 4.78 is 0.852. The highest BCUT2D eigenvalue weighted by Gasteiger charge is 2.13. The Balaban J connectivity index is 2.58. The van der Waals surface area contributed by atoms with Crippen LogP contribution >= 0.6 is 27.3 Å². The van der Waals surface area contributed by atoms with E-state index in [1.807, 2.05) is 11.4 Å². The lowest BCUT2D eigenvalue weighted by Gasteiger charge is -2.00. The lowest BCUT2D eigenvalue weighted by Crippen LogP contribution is -1.96. The molecule has 0 aromatic carbocycles. The summed E-state index contributed by atoms with van der Waals surface area (Å²) in [5.74, 6) is 0.143. The molecular weight excluding hydrogens is 294 g/mol. The van der Waals surface area contributed by atoms with Crippen molar-refractivity contribution in [2.75, 3.05) is 5.73 Å². The van der Waals surface area contributed by atoms with Crippen molar-refractivity contribution in [2.45, 2.75) is 0 Å². The molecule has 0 saturated carbocycles. The van der Waals surface area contributed by atoms with Gasteiger partial charge in [0.15, 0.2) is 0 Å². The molecule has 2 heterocycles. The van der Waals surface area contributed by atoms with Crippen LogP contribution in [0.4, 0.5) is 11.5 Å². The number of hydrogen-bond acceptors (Lipinski definition) is 5. The van der Waals surface area contributed by atoms with Gasteiger partial charge in [0.2, 0.25) is 0 Å². The Morgan fingerprint density at radius 3 is 2.81 bits per heavy atom. The molecule has 0 aliphatic heterocycles. The number of pyridine rings is 1. The molecule has 82 valence electrons. The van der Waals surface area contributed by atoms with Gasteiger partial charge in [0.1, 0.15) is 5.82 Å². The number of nitrogen functional groups attached to an aromatic ring is 1. The van der Waals surface area contributed by atoms with Crippen LogP contribution in [0.3, 0.4) is 0 Å². The maximum absolute atomic E-state index is 10.7. The van der Waals surface area contributed by atoms with Gasteiger partial charge in [-0.25, -0.2) is 4.98 Å². The SMILES string of the molecule is Nc1cc([N+](=O)[O-])cc(-c2sccc2Br)n1. The van der Waals surface area contributed by atoms with E-state index in [1.165, 1.54) is 23.5 Å². The van der Waals surface area contributed by atoms with Gasteiger partial charge in [-0.1, -0.05) is 0 Å². The standard InChI is InChI=1S/C9H6BrN3O2S/c10-6-1-2-16-9(6)7-3-5(13(14)15)4-8(11)12-7/h1-4H,(H2,11,12). The van der Waals surface area contributed by atoms with Crippen LogP contribution in [0.25, 0.3) is 10.6 Å². The minimum Gasteiger partial charge on any atom is -0.383 e. The van der Waals surface area contributed by atoms with Gasteiger partial charge >= 0.3 is 0 Å². The van der Waals surface area contributed by atoms with Crippen LogP contribution in [0.1, 0.15) is 0 Å². The highest BCUT2D eigenvalue weighted by atomic mass is 79.9. The van der Waals surface area contributed by atoms with Gasteiger partial charge in [0.25, 0.3) is 5.69 Å². The molecule has 7 heteroatoms. The molecule has 2 rings (SSSR count). The first-order valence-corrected chi connectivity index (χ1v) is 5.90. The number of nitro groups is 1. The first-order valence-electron chi connectivity index (χ1n) is 4.23. The van der Waals surface area contributed by atoms with Crippen LogP contribution < -0.4 is 5.73 Å². The number of thiophene rings is 1. The fourth-order valence-electron chi connectivity index (χ4n) is 1.24. The minimum absolute atomic E-state index is 0.0530. The molecule has 0 aliphatic carbocycles. The predicted octanol–water partition coefficient (Wildman–Crippen LogP) is 3.06. The number of hydrogen-bond donors (Lipinski definition) is 1. The molecule has 2 N–H and O–H groups in total. The second-order valence-corrected chi connectivity index (χ2v) is 4.76. The number of aromatic nitrogens is 1. The lowest BCUT2D eigenvalue weighted by atomic mass is 10.2. The van der Waals surface area contributed by atoms with Gasteiger partial charge in [0, 0.05) is 10.5 Å². The van der Waals surface area contributed by atoms with E-state index in [-0.39, 0.29) is 11.5 Å². The predicted molar refractivity (Wildman–Crippen MR) is 66.3 cm³/mol. The maximum atomic E-state index is 10.7. The zero-order valence-corrected chi connectivity index (χ0v) is 10.3. The summed E-state index contributed by atoms with van der Waals surface area (Å²) in [4.78, 5) is 15.1. The summed E-state index contributed by atoms with van der Waals surface area (Å²) in [5.41, 5.74) is 5.98. The number of nitrogens with two attached hydrogens (primary N) is 1. The van der Waals surface area contributed by atoms with E-state index in [2.05, 4.69) is 20.9 Å². The van der Waals surface area contributed by atoms with Crippen molar-refractivity contribution in [1.82, 2.24) is 4.98 Å². The minimum atomic E-state index is -0.483. The molecular formula is C9H6BrN3O2S. The van der Waals surface area contributed by atoms with Crippen molar-refractivity contribution in [3.05, 3.63) is 38.2 Å². The third-order valence-electron chi connectivity index (χ3n) is 1.89. The Morgan fingerprint density at radius 2 is 2.25 bits per heavy atom. The van der Waals surface area contributed by atoms with Gasteiger partial charge in [-0.15, -0.1) is 11.3 Å². The first-order chi connectivity index (χ1) is 7.58. The Hall–Kier alpha value is -1.47. The van der Waals surface area contributed by atoms with E-state index in [1.54, 1.807) is 0 Å². The summed E-state index contributed by atoms with van der Waals surface area (Å²) in [6.45, 7) is 0. The molecule has 0 unspecified atom stereocenters. The number of rotatable bonds is 2. The molecule has 0 atom stereocenters. The molecule has 0 amide bonds. The number of halogens is 1. The number of nitrogens with zero attached hydrogens (tertiary/aromatic N) is 2. The third-order valence-corrected chi connectivity index (χ3v) is 3.75. The van der Waals surface area contributed by atoms with Gasteiger partial charge in [0.05, 0.1) is 21.6 Å². The molecule has 5 nitrogen and oxygen atoms in total. The van der Waals surface area contributed by atoms with Crippen LogP contribution in [0.5, 0.6) is 0 Å². The lowest BCUT2D eigenvalue weighted by molar-refractivity contribution is -0.384. The summed E-state index contributed by atoms with van der Waals surface area (Å²) in [6, 6.07) is 4.51. The largest absolute Gasteiger partial charge is 0.383 e. The highest BCUT2D eigenvalue weighted by molar-refractivity contribution is 9.10. The van der Waals surface area contributed by atoms with Gasteiger partial charge in [-0.3, -0.25) is 10.1 Å². The summed E-state index contributed by atoms with van der Waals surface area (Å²) in [7, 11) is 0. The molecule has 2 aromatic heterocycles. The van der Waals surface area contributed by atoms with Crippen molar-refractivity contribution in [3.8, 4) is 10.6 Å². The van der Waals surface area contributed by atoms with Crippen LogP contribution in [0, 0.1) is 10.1 Å². The van der Waals surface area contributed by atoms with E-state index in [0.29, 0.717) is 5.69 Å². The zero-order chi connectivity index (χ0) is 11.7. The summed E-state index contributed by atoms with van der Waals surface area (Å²) in [6.07, 6.45) is 0. The topological polar surface area (TPSA) is 82.0 Å². The third kappa shape index (κ3) is 2.05. The van der Waals surface area contributed by atoms with Gasteiger partial charge in [-0.05, 0) is 27.4 Å². The summed E-state index contributed by atoms with van der Waals surface area (Å²) >= 11 is 4.79. The average molecular weight is 300 g/mol. The average Bonchev–Trinajstić information content (AvgIpc) is 2.63. The zero-order valence-electron chi connectivity index (χ0n) is 7.88. The highest BCUT2D eigenvalue weighted by Crippen LogP contribution is 2.34. The first kappa shape index (κ1) is 11.0. The van der Waals surface area contributed by atoms with Gasteiger partial charge in [-0.2, -0.15) is 0 Å². The van der Waals surface area contributed by atoms with E-state index < -0.39 is 4.92 Å². The van der Waals surface area contributed by atoms with Crippen molar-refractivity contribution in [2.24, 2.45) is 0 Å². The Kier molecular flexibility index (Phi) is 2.88. The van der Waals surface area contributed by atoms with Crippen LogP contribution in [-0.4, -0.2) is 9.91 Å². The molecule has 0 spiro atoms. The fraction of sp³-hybridized carbons (Fsp3) is 0. The normalized spacial score (nSPS) is 10.3. The van der Waals surface area contributed by atoms with Crippen LogP contribution in [-0.2, 0) is 0 Å². The van der Waals surface area contributed by atoms with E-state index >= 15 is 0 Å².